The maximum Gasteiger partial charge on any atom is 0.230 e. The molecule has 0 bridgehead atoms. The van der Waals surface area contributed by atoms with Crippen LogP contribution >= 0.6 is 0 Å². The lowest BCUT2D eigenvalue weighted by molar-refractivity contribution is -0.115. The first kappa shape index (κ1) is 6.27. The van der Waals surface area contributed by atoms with Crippen molar-refractivity contribution in [2.45, 2.75) is 6.42 Å². The molecular formula is C7H5FN2O. The molecule has 0 aromatic carbocycles. The number of halogens is 1. The van der Waals surface area contributed by atoms with Crippen LogP contribution in [0.4, 0.5) is 10.2 Å². The van der Waals surface area contributed by atoms with E-state index in [0.29, 0.717) is 12.2 Å². The van der Waals surface area contributed by atoms with Crippen molar-refractivity contribution in [3.8, 4) is 0 Å². The Kier molecular flexibility index (Phi) is 1.15. The third kappa shape index (κ3) is 0.960. The number of rotatable bonds is 0. The van der Waals surface area contributed by atoms with Crippen LogP contribution in [0.5, 0.6) is 0 Å². The molecule has 11 heavy (non-hydrogen) atoms. The van der Waals surface area contributed by atoms with Gasteiger partial charge in [0.15, 0.2) is 0 Å². The van der Waals surface area contributed by atoms with Crippen LogP contribution in [0.25, 0.3) is 0 Å². The van der Waals surface area contributed by atoms with E-state index in [-0.39, 0.29) is 5.91 Å². The van der Waals surface area contributed by atoms with Gasteiger partial charge in [0.25, 0.3) is 0 Å². The van der Waals surface area contributed by atoms with E-state index in [2.05, 4.69) is 10.3 Å². The number of anilines is 1. The molecule has 56 valence electrons. The molecule has 0 saturated heterocycles. The molecule has 2 heterocycles. The van der Waals surface area contributed by atoms with Gasteiger partial charge < -0.3 is 5.32 Å². The van der Waals surface area contributed by atoms with E-state index in [1.165, 1.54) is 6.07 Å². The Morgan fingerprint density at radius 1 is 1.55 bits per heavy atom. The second-order valence-corrected chi connectivity index (χ2v) is 2.37. The Balaban J connectivity index is 2.51. The van der Waals surface area contributed by atoms with Gasteiger partial charge in [0.2, 0.25) is 11.9 Å². The van der Waals surface area contributed by atoms with Gasteiger partial charge in [-0.1, -0.05) is 6.07 Å². The lowest BCUT2D eigenvalue weighted by Gasteiger charge is -1.94. The normalized spacial score (nSPS) is 14.5. The number of hydrogen-bond donors (Lipinski definition) is 1. The van der Waals surface area contributed by atoms with Crippen molar-refractivity contribution in [2.75, 3.05) is 5.32 Å². The van der Waals surface area contributed by atoms with Crippen molar-refractivity contribution in [3.05, 3.63) is 23.6 Å². The average molecular weight is 152 g/mol. The van der Waals surface area contributed by atoms with Crippen LogP contribution in [0, 0.1) is 5.95 Å². The number of carbonyl (C=O) groups excluding carboxylic acids is 1. The Morgan fingerprint density at radius 3 is 3.18 bits per heavy atom. The fraction of sp³-hybridized carbons (Fsp3) is 0.143. The fourth-order valence-electron chi connectivity index (χ4n) is 1.06. The standard InChI is InChI=1S/C7H5FN2O/c8-5-2-1-4-3-6(11)10-7(4)9-5/h1-2H,3H2,(H,9,10,11). The molecule has 0 aliphatic carbocycles. The number of amides is 1. The van der Waals surface area contributed by atoms with Crippen LogP contribution in [0.2, 0.25) is 0 Å². The monoisotopic (exact) mass is 152 g/mol. The topological polar surface area (TPSA) is 42.0 Å². The molecule has 1 aromatic rings. The summed E-state index contributed by atoms with van der Waals surface area (Å²) in [5.41, 5.74) is 0.761. The summed E-state index contributed by atoms with van der Waals surface area (Å²) in [6, 6.07) is 2.81. The van der Waals surface area contributed by atoms with Crippen LogP contribution in [-0.4, -0.2) is 10.9 Å². The molecule has 0 unspecified atom stereocenters. The predicted molar refractivity (Wildman–Crippen MR) is 36.5 cm³/mol. The number of fused-ring (bicyclic) bond motifs is 1. The van der Waals surface area contributed by atoms with Crippen molar-refractivity contribution in [2.24, 2.45) is 0 Å². The van der Waals surface area contributed by atoms with Crippen molar-refractivity contribution >= 4 is 11.7 Å². The summed E-state index contributed by atoms with van der Waals surface area (Å²) in [4.78, 5) is 14.2. The summed E-state index contributed by atoms with van der Waals surface area (Å²) in [5.74, 6) is -0.334. The van der Waals surface area contributed by atoms with E-state index in [1.54, 1.807) is 6.07 Å². The van der Waals surface area contributed by atoms with Crippen molar-refractivity contribution < 1.29 is 9.18 Å². The number of nitrogens with one attached hydrogen (secondary N) is 1. The first-order valence-electron chi connectivity index (χ1n) is 3.21. The number of nitrogens with zero attached hydrogens (tertiary/aromatic N) is 1. The van der Waals surface area contributed by atoms with Crippen LogP contribution in [0.1, 0.15) is 5.56 Å². The SMILES string of the molecule is O=C1Cc2ccc(F)nc2N1. The Bertz CT molecular complexity index is 324. The van der Waals surface area contributed by atoms with Gasteiger partial charge in [0.1, 0.15) is 5.82 Å². The maximum absolute atomic E-state index is 12.4. The summed E-state index contributed by atoms with van der Waals surface area (Å²) >= 11 is 0. The van der Waals surface area contributed by atoms with E-state index in [1.807, 2.05) is 0 Å². The number of aromatic nitrogens is 1. The highest BCUT2D eigenvalue weighted by atomic mass is 19.1. The summed E-state index contributed by atoms with van der Waals surface area (Å²) in [5, 5.41) is 2.45. The van der Waals surface area contributed by atoms with E-state index in [4.69, 9.17) is 0 Å². The van der Waals surface area contributed by atoms with Crippen molar-refractivity contribution in [3.63, 3.8) is 0 Å². The Hall–Kier alpha value is -1.45. The van der Waals surface area contributed by atoms with E-state index in [9.17, 15) is 9.18 Å². The van der Waals surface area contributed by atoms with E-state index < -0.39 is 5.95 Å². The highest BCUT2D eigenvalue weighted by molar-refractivity contribution is 5.97. The fourth-order valence-corrected chi connectivity index (χ4v) is 1.06. The van der Waals surface area contributed by atoms with Crippen LogP contribution in [-0.2, 0) is 11.2 Å². The second-order valence-electron chi connectivity index (χ2n) is 2.37. The molecule has 2 rings (SSSR count). The van der Waals surface area contributed by atoms with Gasteiger partial charge in [-0.3, -0.25) is 4.79 Å². The lowest BCUT2D eigenvalue weighted by Crippen LogP contribution is -2.04. The summed E-state index contributed by atoms with van der Waals surface area (Å²) in [6.45, 7) is 0. The van der Waals surface area contributed by atoms with E-state index in [0.717, 1.165) is 5.56 Å². The van der Waals surface area contributed by atoms with Crippen molar-refractivity contribution in [1.29, 1.82) is 0 Å². The summed E-state index contributed by atoms with van der Waals surface area (Å²) in [7, 11) is 0. The minimum absolute atomic E-state index is 0.127. The van der Waals surface area contributed by atoms with Gasteiger partial charge >= 0.3 is 0 Å². The van der Waals surface area contributed by atoms with Crippen LogP contribution in [0.3, 0.4) is 0 Å². The molecule has 3 nitrogen and oxygen atoms in total. The van der Waals surface area contributed by atoms with Gasteiger partial charge in [0.05, 0.1) is 6.42 Å². The van der Waals surface area contributed by atoms with Crippen LogP contribution in [0.15, 0.2) is 12.1 Å². The van der Waals surface area contributed by atoms with Gasteiger partial charge in [-0.05, 0) is 6.07 Å². The zero-order chi connectivity index (χ0) is 7.84. The highest BCUT2D eigenvalue weighted by Crippen LogP contribution is 2.19. The number of pyridine rings is 1. The molecule has 1 N–H and O–H groups in total. The van der Waals surface area contributed by atoms with Crippen molar-refractivity contribution in [1.82, 2.24) is 4.98 Å². The van der Waals surface area contributed by atoms with E-state index >= 15 is 0 Å². The first-order valence-corrected chi connectivity index (χ1v) is 3.21. The van der Waals surface area contributed by atoms with Gasteiger partial charge in [-0.2, -0.15) is 4.39 Å². The zero-order valence-corrected chi connectivity index (χ0v) is 5.60. The third-order valence-corrected chi connectivity index (χ3v) is 1.55. The first-order chi connectivity index (χ1) is 5.25. The van der Waals surface area contributed by atoms with Gasteiger partial charge in [-0.25, -0.2) is 4.98 Å². The Morgan fingerprint density at radius 2 is 2.36 bits per heavy atom. The molecule has 0 radical (unpaired) electrons. The lowest BCUT2D eigenvalue weighted by atomic mass is 10.2. The molecule has 0 spiro atoms. The van der Waals surface area contributed by atoms with Gasteiger partial charge in [-0.15, -0.1) is 0 Å². The zero-order valence-electron chi connectivity index (χ0n) is 5.60. The molecular weight excluding hydrogens is 147 g/mol. The molecule has 1 amide bonds. The minimum atomic E-state index is -0.564. The molecule has 0 saturated carbocycles. The number of hydrogen-bond acceptors (Lipinski definition) is 2. The molecule has 0 fully saturated rings. The summed E-state index contributed by atoms with van der Waals surface area (Å²) in [6.07, 6.45) is 0.308. The maximum atomic E-state index is 12.4. The number of carbonyl (C=O) groups is 1. The molecule has 4 heteroatoms. The molecule has 0 atom stereocenters. The molecule has 1 aliphatic heterocycles. The van der Waals surface area contributed by atoms with Gasteiger partial charge in [0, 0.05) is 5.56 Å². The second kappa shape index (κ2) is 2.02. The highest BCUT2D eigenvalue weighted by Gasteiger charge is 2.18. The predicted octanol–water partition coefficient (Wildman–Crippen LogP) is 0.715. The third-order valence-electron chi connectivity index (χ3n) is 1.55. The summed E-state index contributed by atoms with van der Waals surface area (Å²) < 4.78 is 12.4. The quantitative estimate of drug-likeness (QED) is 0.556. The molecule has 1 aliphatic rings. The van der Waals surface area contributed by atoms with Crippen LogP contribution < -0.4 is 5.32 Å². The largest absolute Gasteiger partial charge is 0.310 e. The molecule has 1 aromatic heterocycles. The Labute approximate surface area is 62.3 Å². The smallest absolute Gasteiger partial charge is 0.230 e. The average Bonchev–Trinajstić information content (AvgIpc) is 2.27. The minimum Gasteiger partial charge on any atom is -0.310 e.